The fourth-order valence-corrected chi connectivity index (χ4v) is 5.35. The van der Waals surface area contributed by atoms with Gasteiger partial charge in [-0.25, -0.2) is 0 Å². The number of piperidine rings is 1. The van der Waals surface area contributed by atoms with Gasteiger partial charge in [-0.05, 0) is 55.2 Å². The van der Waals surface area contributed by atoms with E-state index in [1.165, 1.54) is 12.1 Å². The highest BCUT2D eigenvalue weighted by molar-refractivity contribution is 5.79. The summed E-state index contributed by atoms with van der Waals surface area (Å²) in [6.45, 7) is 2.11. The number of ether oxygens (including phenoxy) is 3. The molecule has 2 aromatic rings. The van der Waals surface area contributed by atoms with E-state index in [1.54, 1.807) is 14.2 Å². The van der Waals surface area contributed by atoms with Crippen LogP contribution in [0.4, 0.5) is 13.2 Å². The number of rotatable bonds is 9. The van der Waals surface area contributed by atoms with Crippen LogP contribution in [-0.2, 0) is 17.5 Å². The van der Waals surface area contributed by atoms with Crippen LogP contribution in [0.2, 0.25) is 0 Å². The van der Waals surface area contributed by atoms with Crippen molar-refractivity contribution in [3.8, 4) is 17.2 Å². The molecule has 202 valence electrons. The van der Waals surface area contributed by atoms with Crippen molar-refractivity contribution in [3.63, 3.8) is 0 Å². The first-order valence-electron chi connectivity index (χ1n) is 12.8. The highest BCUT2D eigenvalue weighted by Crippen LogP contribution is 2.33. The summed E-state index contributed by atoms with van der Waals surface area (Å²) in [6, 6.07) is 10.9. The van der Waals surface area contributed by atoms with Gasteiger partial charge in [-0.1, -0.05) is 25.0 Å². The molecule has 2 aromatic carbocycles. The third-order valence-electron chi connectivity index (χ3n) is 7.19. The number of nitrogens with one attached hydrogen (secondary N) is 1. The van der Waals surface area contributed by atoms with Crippen molar-refractivity contribution in [2.75, 3.05) is 33.9 Å². The second-order valence-electron chi connectivity index (χ2n) is 10.0. The standard InChI is InChI=1S/C28H35F3N2O4/c1-35-25-11-10-19(13-26(25)36-2)15-33-16-20(12-21(17-33)27(34)32-23-7-3-4-8-23)18-37-24-9-5-6-22(14-24)28(29,30)31/h5-6,9-11,13-14,20-21,23H,3-4,7-8,12,15-18H2,1-2H3,(H,32,34)/t20-,21+/m0/s1. The van der Waals surface area contributed by atoms with E-state index in [0.717, 1.165) is 43.4 Å². The summed E-state index contributed by atoms with van der Waals surface area (Å²) in [6.07, 6.45) is 0.485. The molecular formula is C28H35F3N2O4. The fourth-order valence-electron chi connectivity index (χ4n) is 5.35. The summed E-state index contributed by atoms with van der Waals surface area (Å²) < 4.78 is 55.9. The van der Waals surface area contributed by atoms with Gasteiger partial charge in [0.2, 0.25) is 5.91 Å². The first-order valence-corrected chi connectivity index (χ1v) is 12.8. The summed E-state index contributed by atoms with van der Waals surface area (Å²) in [4.78, 5) is 15.4. The van der Waals surface area contributed by atoms with Crippen LogP contribution < -0.4 is 19.5 Å². The molecular weight excluding hydrogens is 485 g/mol. The zero-order chi connectivity index (χ0) is 26.4. The predicted octanol–water partition coefficient (Wildman–Crippen LogP) is 5.30. The molecule has 2 atom stereocenters. The smallest absolute Gasteiger partial charge is 0.416 e. The third-order valence-corrected chi connectivity index (χ3v) is 7.19. The van der Waals surface area contributed by atoms with Gasteiger partial charge in [0.25, 0.3) is 0 Å². The Morgan fingerprint density at radius 2 is 1.78 bits per heavy atom. The molecule has 0 aromatic heterocycles. The number of methoxy groups -OCH3 is 2. The van der Waals surface area contributed by atoms with Gasteiger partial charge >= 0.3 is 6.18 Å². The SMILES string of the molecule is COc1ccc(CN2C[C@@H](COc3cccc(C(F)(F)F)c3)C[C@@H](C(=O)NC3CCCC3)C2)cc1OC. The van der Waals surface area contributed by atoms with Crippen LogP contribution in [0.15, 0.2) is 42.5 Å². The zero-order valence-corrected chi connectivity index (χ0v) is 21.4. The minimum absolute atomic E-state index is 0.0113. The van der Waals surface area contributed by atoms with Crippen LogP contribution in [0.3, 0.4) is 0 Å². The van der Waals surface area contributed by atoms with Gasteiger partial charge in [-0.2, -0.15) is 13.2 Å². The van der Waals surface area contributed by atoms with Gasteiger partial charge in [-0.3, -0.25) is 9.69 Å². The largest absolute Gasteiger partial charge is 0.493 e. The number of hydrogen-bond acceptors (Lipinski definition) is 5. The molecule has 4 rings (SSSR count). The van der Waals surface area contributed by atoms with Crippen LogP contribution in [0, 0.1) is 11.8 Å². The maximum Gasteiger partial charge on any atom is 0.416 e. The molecule has 37 heavy (non-hydrogen) atoms. The van der Waals surface area contributed by atoms with Gasteiger partial charge in [0.1, 0.15) is 5.75 Å². The Balaban J connectivity index is 1.46. The average Bonchev–Trinajstić information content (AvgIpc) is 3.40. The molecule has 1 N–H and O–H groups in total. The molecule has 6 nitrogen and oxygen atoms in total. The Morgan fingerprint density at radius 1 is 1.03 bits per heavy atom. The molecule has 1 saturated carbocycles. The van der Waals surface area contributed by atoms with Crippen molar-refractivity contribution in [1.82, 2.24) is 10.2 Å². The van der Waals surface area contributed by atoms with E-state index in [9.17, 15) is 18.0 Å². The average molecular weight is 521 g/mol. The summed E-state index contributed by atoms with van der Waals surface area (Å²) in [5, 5.41) is 3.22. The number of amides is 1. The van der Waals surface area contributed by atoms with Gasteiger partial charge in [-0.15, -0.1) is 0 Å². The summed E-state index contributed by atoms with van der Waals surface area (Å²) in [7, 11) is 3.18. The van der Waals surface area contributed by atoms with Crippen molar-refractivity contribution in [3.05, 3.63) is 53.6 Å². The predicted molar refractivity (Wildman–Crippen MR) is 134 cm³/mol. The van der Waals surface area contributed by atoms with Crippen LogP contribution in [0.5, 0.6) is 17.2 Å². The van der Waals surface area contributed by atoms with E-state index < -0.39 is 11.7 Å². The Kier molecular flexibility index (Phi) is 8.84. The minimum Gasteiger partial charge on any atom is -0.493 e. The molecule has 0 unspecified atom stereocenters. The Hall–Kier alpha value is -2.94. The maximum absolute atomic E-state index is 13.2. The van der Waals surface area contributed by atoms with E-state index in [1.807, 2.05) is 18.2 Å². The van der Waals surface area contributed by atoms with Gasteiger partial charge < -0.3 is 19.5 Å². The maximum atomic E-state index is 13.2. The lowest BCUT2D eigenvalue weighted by atomic mass is 9.88. The summed E-state index contributed by atoms with van der Waals surface area (Å²) >= 11 is 0. The van der Waals surface area contributed by atoms with Crippen molar-refractivity contribution < 1.29 is 32.2 Å². The number of benzene rings is 2. The molecule has 0 spiro atoms. The van der Waals surface area contributed by atoms with Gasteiger partial charge in [0.15, 0.2) is 11.5 Å². The molecule has 0 radical (unpaired) electrons. The lowest BCUT2D eigenvalue weighted by molar-refractivity contribution is -0.137. The first-order chi connectivity index (χ1) is 17.7. The number of halogens is 3. The molecule has 1 amide bonds. The van der Waals surface area contributed by atoms with Gasteiger partial charge in [0, 0.05) is 31.6 Å². The fraction of sp³-hybridized carbons (Fsp3) is 0.536. The molecule has 9 heteroatoms. The van der Waals surface area contributed by atoms with Crippen LogP contribution >= 0.6 is 0 Å². The molecule has 1 aliphatic carbocycles. The topological polar surface area (TPSA) is 60.0 Å². The molecule has 1 saturated heterocycles. The second kappa shape index (κ2) is 12.1. The lowest BCUT2D eigenvalue weighted by Crippen LogP contribution is -2.48. The van der Waals surface area contributed by atoms with E-state index >= 15 is 0 Å². The highest BCUT2D eigenvalue weighted by Gasteiger charge is 2.34. The van der Waals surface area contributed by atoms with Crippen LogP contribution in [0.25, 0.3) is 0 Å². The molecule has 2 aliphatic rings. The Labute approximate surface area is 216 Å². The van der Waals surface area contributed by atoms with E-state index in [-0.39, 0.29) is 36.1 Å². The minimum atomic E-state index is -4.43. The molecule has 1 aliphatic heterocycles. The normalized spacial score (nSPS) is 21.0. The third kappa shape index (κ3) is 7.31. The quantitative estimate of drug-likeness (QED) is 0.487. The van der Waals surface area contributed by atoms with E-state index in [4.69, 9.17) is 14.2 Å². The van der Waals surface area contributed by atoms with Crippen molar-refractivity contribution in [1.29, 1.82) is 0 Å². The second-order valence-corrected chi connectivity index (χ2v) is 10.0. The first kappa shape index (κ1) is 27.1. The number of likely N-dealkylation sites (tertiary alicyclic amines) is 1. The van der Waals surface area contributed by atoms with E-state index in [0.29, 0.717) is 37.6 Å². The number of hydrogen-bond donors (Lipinski definition) is 1. The molecule has 2 fully saturated rings. The number of nitrogens with zero attached hydrogens (tertiary/aromatic N) is 1. The number of alkyl halides is 3. The number of carbonyl (C=O) groups is 1. The van der Waals surface area contributed by atoms with Crippen LogP contribution in [0.1, 0.15) is 43.2 Å². The monoisotopic (exact) mass is 520 g/mol. The summed E-state index contributed by atoms with van der Waals surface area (Å²) in [5.41, 5.74) is 0.282. The van der Waals surface area contributed by atoms with Crippen molar-refractivity contribution >= 4 is 5.91 Å². The number of carbonyl (C=O) groups excluding carboxylic acids is 1. The van der Waals surface area contributed by atoms with Crippen molar-refractivity contribution in [2.24, 2.45) is 11.8 Å². The van der Waals surface area contributed by atoms with E-state index in [2.05, 4.69) is 10.2 Å². The van der Waals surface area contributed by atoms with Crippen LogP contribution in [-0.4, -0.2) is 50.8 Å². The Morgan fingerprint density at radius 3 is 2.49 bits per heavy atom. The van der Waals surface area contributed by atoms with Gasteiger partial charge in [0.05, 0.1) is 32.3 Å². The Bertz CT molecular complexity index is 1060. The van der Waals surface area contributed by atoms with Crippen molar-refractivity contribution in [2.45, 2.75) is 50.9 Å². The highest BCUT2D eigenvalue weighted by atomic mass is 19.4. The zero-order valence-electron chi connectivity index (χ0n) is 21.4. The molecule has 1 heterocycles. The lowest BCUT2D eigenvalue weighted by Gasteiger charge is -2.37. The summed E-state index contributed by atoms with van der Waals surface area (Å²) in [5.74, 6) is 1.28. The molecule has 0 bridgehead atoms.